The molecule has 4 nitrogen and oxygen atoms in total. The highest BCUT2D eigenvalue weighted by molar-refractivity contribution is 6.10. The second kappa shape index (κ2) is 4.25. The highest BCUT2D eigenvalue weighted by Gasteiger charge is 2.14. The summed E-state index contributed by atoms with van der Waals surface area (Å²) in [6.45, 7) is 1.35. The number of amides is 1. The van der Waals surface area contributed by atoms with Crippen molar-refractivity contribution >= 4 is 28.3 Å². The average Bonchev–Trinajstić information content (AvgIpc) is 2.27. The van der Waals surface area contributed by atoms with Crippen molar-refractivity contribution in [1.29, 1.82) is 0 Å². The number of carboxylic acids is 1. The fourth-order valence-corrected chi connectivity index (χ4v) is 1.80. The van der Waals surface area contributed by atoms with E-state index in [2.05, 4.69) is 5.32 Å². The van der Waals surface area contributed by atoms with E-state index in [1.165, 1.54) is 6.92 Å². The Kier molecular flexibility index (Phi) is 2.78. The van der Waals surface area contributed by atoms with Gasteiger partial charge in [-0.1, -0.05) is 30.3 Å². The number of nitrogens with one attached hydrogen (secondary N) is 1. The Balaban J connectivity index is 2.72. The maximum atomic E-state index is 11.3. The molecule has 2 aromatic rings. The van der Waals surface area contributed by atoms with E-state index in [0.29, 0.717) is 11.1 Å². The van der Waals surface area contributed by atoms with Gasteiger partial charge in [-0.3, -0.25) is 4.79 Å². The van der Waals surface area contributed by atoms with E-state index in [-0.39, 0.29) is 11.5 Å². The number of fused-ring (bicyclic) bond motifs is 1. The van der Waals surface area contributed by atoms with Gasteiger partial charge in [0, 0.05) is 6.92 Å². The molecule has 0 aliphatic rings. The van der Waals surface area contributed by atoms with Crippen LogP contribution in [0.4, 0.5) is 5.69 Å². The van der Waals surface area contributed by atoms with E-state index in [0.717, 1.165) is 5.39 Å². The molecule has 2 N–H and O–H groups in total. The summed E-state index contributed by atoms with van der Waals surface area (Å²) in [6, 6.07) is 10.6. The number of carbonyl (C=O) groups excluding carboxylic acids is 1. The number of hydrogen-bond acceptors (Lipinski definition) is 2. The lowest BCUT2D eigenvalue weighted by Gasteiger charge is -2.09. The lowest BCUT2D eigenvalue weighted by molar-refractivity contribution is -0.114. The molecule has 0 aromatic heterocycles. The maximum Gasteiger partial charge on any atom is 0.338 e. The van der Waals surface area contributed by atoms with Gasteiger partial charge in [-0.2, -0.15) is 0 Å². The molecule has 0 spiro atoms. The molecule has 4 heteroatoms. The van der Waals surface area contributed by atoms with Gasteiger partial charge in [0.2, 0.25) is 5.91 Å². The minimum absolute atomic E-state index is 0.123. The average molecular weight is 229 g/mol. The zero-order valence-electron chi connectivity index (χ0n) is 9.23. The minimum atomic E-state index is -1.05. The molecule has 0 fully saturated rings. The smallest absolute Gasteiger partial charge is 0.338 e. The molecule has 0 saturated carbocycles. The number of carbonyl (C=O) groups is 2. The van der Waals surface area contributed by atoms with Gasteiger partial charge in [-0.25, -0.2) is 4.79 Å². The first kappa shape index (κ1) is 11.1. The third-order valence-corrected chi connectivity index (χ3v) is 2.45. The Hall–Kier alpha value is -2.36. The fraction of sp³-hybridized carbons (Fsp3) is 0.0769. The van der Waals surface area contributed by atoms with Gasteiger partial charge >= 0.3 is 5.97 Å². The van der Waals surface area contributed by atoms with Crippen LogP contribution in [0.15, 0.2) is 36.4 Å². The normalized spacial score (nSPS) is 10.2. The monoisotopic (exact) mass is 229 g/mol. The van der Waals surface area contributed by atoms with Crippen molar-refractivity contribution in [2.75, 3.05) is 5.32 Å². The Morgan fingerprint density at radius 2 is 1.82 bits per heavy atom. The van der Waals surface area contributed by atoms with Crippen molar-refractivity contribution in [1.82, 2.24) is 0 Å². The van der Waals surface area contributed by atoms with Crippen LogP contribution in [0.25, 0.3) is 10.8 Å². The highest BCUT2D eigenvalue weighted by atomic mass is 16.4. The van der Waals surface area contributed by atoms with E-state index >= 15 is 0 Å². The van der Waals surface area contributed by atoms with Gasteiger partial charge < -0.3 is 10.4 Å². The van der Waals surface area contributed by atoms with Crippen LogP contribution in [0.5, 0.6) is 0 Å². The zero-order chi connectivity index (χ0) is 12.4. The second-order valence-corrected chi connectivity index (χ2v) is 3.70. The van der Waals surface area contributed by atoms with Crippen molar-refractivity contribution in [2.45, 2.75) is 6.92 Å². The van der Waals surface area contributed by atoms with Crippen LogP contribution in [-0.4, -0.2) is 17.0 Å². The predicted molar refractivity (Wildman–Crippen MR) is 65.2 cm³/mol. The van der Waals surface area contributed by atoms with Crippen LogP contribution in [-0.2, 0) is 4.79 Å². The molecule has 1 amide bonds. The molecule has 0 atom stereocenters. The van der Waals surface area contributed by atoms with Gasteiger partial charge in [-0.15, -0.1) is 0 Å². The van der Waals surface area contributed by atoms with Crippen LogP contribution < -0.4 is 5.32 Å². The molecule has 0 saturated heterocycles. The minimum Gasteiger partial charge on any atom is -0.478 e. The Labute approximate surface area is 97.9 Å². The second-order valence-electron chi connectivity index (χ2n) is 3.70. The van der Waals surface area contributed by atoms with Crippen molar-refractivity contribution in [3.8, 4) is 0 Å². The molecule has 0 unspecified atom stereocenters. The van der Waals surface area contributed by atoms with Gasteiger partial charge in [0.25, 0.3) is 0 Å². The summed E-state index contributed by atoms with van der Waals surface area (Å²) >= 11 is 0. The molecular formula is C13H11NO3. The fourth-order valence-electron chi connectivity index (χ4n) is 1.80. The van der Waals surface area contributed by atoms with E-state index < -0.39 is 5.97 Å². The molecule has 0 radical (unpaired) electrons. The number of carboxylic acid groups (broad SMARTS) is 1. The first-order chi connectivity index (χ1) is 8.09. The molecule has 0 aliphatic heterocycles. The van der Waals surface area contributed by atoms with Crippen LogP contribution in [0.2, 0.25) is 0 Å². The Morgan fingerprint density at radius 1 is 1.12 bits per heavy atom. The number of rotatable bonds is 2. The van der Waals surface area contributed by atoms with Crippen molar-refractivity contribution in [3.05, 3.63) is 42.0 Å². The van der Waals surface area contributed by atoms with Crippen LogP contribution in [0.3, 0.4) is 0 Å². The lowest BCUT2D eigenvalue weighted by atomic mass is 10.0. The van der Waals surface area contributed by atoms with Crippen LogP contribution in [0, 0.1) is 0 Å². The molecule has 2 aromatic carbocycles. The summed E-state index contributed by atoms with van der Waals surface area (Å²) in [4.78, 5) is 22.3. The quantitative estimate of drug-likeness (QED) is 0.831. The zero-order valence-corrected chi connectivity index (χ0v) is 9.23. The van der Waals surface area contributed by atoms with Crippen molar-refractivity contribution in [3.63, 3.8) is 0 Å². The lowest BCUT2D eigenvalue weighted by Crippen LogP contribution is -2.11. The third-order valence-electron chi connectivity index (χ3n) is 2.45. The molecule has 0 aliphatic carbocycles. The number of hydrogen-bond donors (Lipinski definition) is 2. The summed E-state index contributed by atoms with van der Waals surface area (Å²) < 4.78 is 0. The van der Waals surface area contributed by atoms with E-state index in [4.69, 9.17) is 0 Å². The highest BCUT2D eigenvalue weighted by Crippen LogP contribution is 2.26. The molecule has 0 heterocycles. The summed E-state index contributed by atoms with van der Waals surface area (Å²) in [7, 11) is 0. The van der Waals surface area contributed by atoms with Gasteiger partial charge in [0.05, 0.1) is 11.3 Å². The first-order valence-electron chi connectivity index (χ1n) is 5.12. The van der Waals surface area contributed by atoms with E-state index in [1.54, 1.807) is 24.3 Å². The maximum absolute atomic E-state index is 11.3. The molecular weight excluding hydrogens is 218 g/mol. The summed E-state index contributed by atoms with van der Waals surface area (Å²) in [5.41, 5.74) is 0.446. The number of aromatic carboxylic acids is 1. The molecule has 17 heavy (non-hydrogen) atoms. The third kappa shape index (κ3) is 2.10. The van der Waals surface area contributed by atoms with Crippen molar-refractivity contribution in [2.24, 2.45) is 0 Å². The Bertz CT molecular complexity index is 605. The topological polar surface area (TPSA) is 66.4 Å². The summed E-state index contributed by atoms with van der Waals surface area (Å²) in [5.74, 6) is -1.34. The Morgan fingerprint density at radius 3 is 2.47 bits per heavy atom. The van der Waals surface area contributed by atoms with Gasteiger partial charge in [0.1, 0.15) is 0 Å². The van der Waals surface area contributed by atoms with Crippen molar-refractivity contribution < 1.29 is 14.7 Å². The first-order valence-corrected chi connectivity index (χ1v) is 5.12. The predicted octanol–water partition coefficient (Wildman–Crippen LogP) is 2.50. The van der Waals surface area contributed by atoms with Gasteiger partial charge in [-0.05, 0) is 16.8 Å². The molecule has 2 rings (SSSR count). The van der Waals surface area contributed by atoms with Crippen LogP contribution >= 0.6 is 0 Å². The molecule has 86 valence electrons. The standard InChI is InChI=1S/C13H11NO3/c1-8(15)14-11-7-6-9-4-2-3-5-10(9)12(11)13(16)17/h2-7H,1H3,(H,14,15)(H,16,17). The number of anilines is 1. The summed E-state index contributed by atoms with van der Waals surface area (Å²) in [6.07, 6.45) is 0. The largest absolute Gasteiger partial charge is 0.478 e. The van der Waals surface area contributed by atoms with Gasteiger partial charge in [0.15, 0.2) is 0 Å². The SMILES string of the molecule is CC(=O)Nc1ccc2ccccc2c1C(=O)O. The molecule has 0 bridgehead atoms. The number of benzene rings is 2. The van der Waals surface area contributed by atoms with E-state index in [9.17, 15) is 14.7 Å². The van der Waals surface area contributed by atoms with E-state index in [1.807, 2.05) is 12.1 Å². The van der Waals surface area contributed by atoms with Crippen LogP contribution in [0.1, 0.15) is 17.3 Å². The summed E-state index contributed by atoms with van der Waals surface area (Å²) in [5, 5.41) is 13.2.